The molecule has 0 fully saturated rings. The summed E-state index contributed by atoms with van der Waals surface area (Å²) in [6.07, 6.45) is 20.0. The number of allylic oxidation sites excluding steroid dienone is 8. The van der Waals surface area contributed by atoms with Crippen LogP contribution in [0, 0.1) is 12.2 Å². The molecule has 5 heteroatoms. The van der Waals surface area contributed by atoms with Crippen molar-refractivity contribution in [1.82, 2.24) is 0 Å². The van der Waals surface area contributed by atoms with E-state index in [9.17, 15) is 0 Å². The fourth-order valence-electron chi connectivity index (χ4n) is 2.16. The quantitative estimate of drug-likeness (QED) is 0.432. The number of nitrogens with zero attached hydrogens (tertiary/aromatic N) is 1. The van der Waals surface area contributed by atoms with Crippen LogP contribution in [0.3, 0.4) is 0 Å². The summed E-state index contributed by atoms with van der Waals surface area (Å²) in [6.45, 7) is 0. The average molecular weight is 471 g/mol. The van der Waals surface area contributed by atoms with Gasteiger partial charge in [0.25, 0.3) is 0 Å². The zero-order valence-corrected chi connectivity index (χ0v) is 18.9. The van der Waals surface area contributed by atoms with Gasteiger partial charge in [0.2, 0.25) is 0 Å². The third-order valence-electron chi connectivity index (χ3n) is 3.37. The van der Waals surface area contributed by atoms with Crippen LogP contribution in [0.15, 0.2) is 97.1 Å². The summed E-state index contributed by atoms with van der Waals surface area (Å²) in [4.78, 5) is 2.21. The number of benzene rings is 2. The zero-order valence-electron chi connectivity index (χ0n) is 14.9. The second kappa shape index (κ2) is 16.9. The van der Waals surface area contributed by atoms with Crippen molar-refractivity contribution in [1.29, 1.82) is 0 Å². The molecule has 0 bridgehead atoms. The van der Waals surface area contributed by atoms with Crippen LogP contribution in [0.25, 0.3) is 0 Å². The number of hydrogen-bond acceptors (Lipinski definition) is 1. The molecule has 0 aromatic heterocycles. The van der Waals surface area contributed by atoms with Gasteiger partial charge in [-0.2, -0.15) is 12.2 Å². The Balaban J connectivity index is 0.000000465. The molecule has 27 heavy (non-hydrogen) atoms. The molecule has 4 rings (SSSR count). The first kappa shape index (κ1) is 25.7. The monoisotopic (exact) mass is 469 g/mol. The Hall–Kier alpha value is -1.27. The zero-order chi connectivity index (χ0) is 17.6. The van der Waals surface area contributed by atoms with Gasteiger partial charge in [0, 0.05) is 0 Å². The van der Waals surface area contributed by atoms with Crippen LogP contribution in [0.2, 0.25) is 0 Å². The van der Waals surface area contributed by atoms with Crippen LogP contribution >= 0.6 is 0 Å². The van der Waals surface area contributed by atoms with Crippen molar-refractivity contribution in [3.05, 3.63) is 109 Å². The molecule has 0 amide bonds. The van der Waals surface area contributed by atoms with E-state index >= 15 is 0 Å². The number of rotatable bonds is 3. The van der Waals surface area contributed by atoms with E-state index in [1.807, 2.05) is 36.4 Å². The molecule has 0 saturated heterocycles. The summed E-state index contributed by atoms with van der Waals surface area (Å²) in [6, 6.07) is 20.8. The molecular formula is C22H20BCl2NZr-2. The molecule has 2 aliphatic rings. The molecule has 0 unspecified atom stereocenters. The van der Waals surface area contributed by atoms with Crippen LogP contribution in [-0.4, -0.2) is 4.51 Å². The minimum absolute atomic E-state index is 0. The molecule has 0 radical (unpaired) electrons. The minimum atomic E-state index is 0. The fourth-order valence-corrected chi connectivity index (χ4v) is 2.89. The average Bonchev–Trinajstić information content (AvgIpc) is 3.43. The van der Waals surface area contributed by atoms with Crippen LogP contribution in [0.5, 0.6) is 0 Å². The van der Waals surface area contributed by atoms with Crippen LogP contribution in [-0.2, 0) is 24.0 Å². The second-order valence-electron chi connectivity index (χ2n) is 5.18. The van der Waals surface area contributed by atoms with Gasteiger partial charge < -0.3 is 24.8 Å². The maximum atomic E-state index is 2.99. The van der Waals surface area contributed by atoms with Crippen molar-refractivity contribution in [2.45, 2.75) is 12.8 Å². The Bertz CT molecular complexity index is 662. The van der Waals surface area contributed by atoms with Gasteiger partial charge in [-0.3, -0.25) is 12.2 Å². The predicted molar refractivity (Wildman–Crippen MR) is 104 cm³/mol. The molecule has 0 saturated carbocycles. The van der Waals surface area contributed by atoms with Crippen molar-refractivity contribution >= 4 is 15.9 Å². The molecule has 2 aromatic rings. The van der Waals surface area contributed by atoms with Crippen molar-refractivity contribution < 1.29 is 48.8 Å². The van der Waals surface area contributed by atoms with E-state index in [2.05, 4.69) is 82.2 Å². The predicted octanol–water partition coefficient (Wildman–Crippen LogP) is -0.475. The normalized spacial score (nSPS) is 11.8. The summed E-state index contributed by atoms with van der Waals surface area (Å²) in [7, 11) is 0. The number of hydrogen-bond donors (Lipinski definition) is 0. The van der Waals surface area contributed by atoms with Gasteiger partial charge in [-0.15, -0.1) is 12.8 Å². The third kappa shape index (κ3) is 10.6. The van der Waals surface area contributed by atoms with E-state index in [1.165, 1.54) is 35.4 Å². The van der Waals surface area contributed by atoms with Gasteiger partial charge in [-0.05, 0) is 0 Å². The van der Waals surface area contributed by atoms with Gasteiger partial charge in [-0.25, -0.2) is 24.3 Å². The summed E-state index contributed by atoms with van der Waals surface area (Å²) < 4.78 is 2.16. The van der Waals surface area contributed by atoms with Gasteiger partial charge >= 0.3 is 105 Å². The Morgan fingerprint density at radius 3 is 1.33 bits per heavy atom. The van der Waals surface area contributed by atoms with Gasteiger partial charge in [0.05, 0.1) is 0 Å². The third-order valence-corrected chi connectivity index (χ3v) is 4.00. The van der Waals surface area contributed by atoms with E-state index < -0.39 is 0 Å². The maximum absolute atomic E-state index is 2.99. The topological polar surface area (TPSA) is 3.24 Å². The summed E-state index contributed by atoms with van der Waals surface area (Å²) in [5.41, 5.74) is 2.42. The number of anilines is 2. The number of para-hydroxylation sites is 2. The van der Waals surface area contributed by atoms with Crippen LogP contribution in [0.4, 0.5) is 11.4 Å². The van der Waals surface area contributed by atoms with Gasteiger partial charge in [0.15, 0.2) is 0 Å². The van der Waals surface area contributed by atoms with Gasteiger partial charge in [0.1, 0.15) is 0 Å². The fraction of sp³-hybridized carbons (Fsp3) is 0.0909. The van der Waals surface area contributed by atoms with Crippen LogP contribution in [0.1, 0.15) is 12.8 Å². The van der Waals surface area contributed by atoms with Gasteiger partial charge in [-0.1, -0.05) is 0 Å². The van der Waals surface area contributed by atoms with Crippen molar-refractivity contribution in [3.8, 4) is 0 Å². The first-order valence-electron chi connectivity index (χ1n) is 8.25. The Labute approximate surface area is 190 Å². The molecule has 1 nitrogen and oxygen atoms in total. The molecule has 0 aliphatic heterocycles. The second-order valence-corrected chi connectivity index (χ2v) is 5.81. The van der Waals surface area contributed by atoms with Crippen molar-refractivity contribution in [2.24, 2.45) is 0 Å². The first-order valence-corrected chi connectivity index (χ1v) is 9.67. The summed E-state index contributed by atoms with van der Waals surface area (Å²) in [5, 5.41) is 0. The molecule has 0 spiro atoms. The molecule has 0 atom stereocenters. The van der Waals surface area contributed by atoms with Crippen molar-refractivity contribution in [2.75, 3.05) is 4.81 Å². The summed E-state index contributed by atoms with van der Waals surface area (Å²) in [5.74, 6) is 0. The van der Waals surface area contributed by atoms with Crippen molar-refractivity contribution in [3.63, 3.8) is 0 Å². The van der Waals surface area contributed by atoms with Crippen LogP contribution < -0.4 is 29.6 Å². The first-order chi connectivity index (χ1) is 12.4. The van der Waals surface area contributed by atoms with E-state index in [-0.39, 0.29) is 24.8 Å². The molecular weight excluding hydrogens is 451 g/mol. The SMILES string of the molecule is [C-]1=CC=CC1.[C-]1=CC=CC1.[Cl-].[Cl-].[Zr+2]=[B]N(c1ccccc1)c1ccccc1. The summed E-state index contributed by atoms with van der Waals surface area (Å²) >= 11 is 1.39. The molecule has 136 valence electrons. The van der Waals surface area contributed by atoms with E-state index in [0.29, 0.717) is 0 Å². The molecule has 2 aliphatic carbocycles. The van der Waals surface area contributed by atoms with E-state index in [4.69, 9.17) is 0 Å². The van der Waals surface area contributed by atoms with E-state index in [0.717, 1.165) is 12.8 Å². The number of halogens is 2. The van der Waals surface area contributed by atoms with E-state index in [1.54, 1.807) is 0 Å². The molecule has 0 heterocycles. The molecule has 0 N–H and O–H groups in total. The molecule has 2 aromatic carbocycles. The Morgan fingerprint density at radius 2 is 1.11 bits per heavy atom. The Kier molecular flexibility index (Phi) is 16.1. The standard InChI is InChI=1S/C12H10BN.2C5H5.2ClH.Zr/c13-14(11-7-3-1-4-8-11)12-9-5-2-6-10-12;2*1-2-4-5-3-1;;;/h1-10H;2*1-3H,4H2;2*1H;/q;2*-1;;;+2/p-2. The Morgan fingerprint density at radius 1 is 0.704 bits per heavy atom.